The van der Waals surface area contributed by atoms with Crippen molar-refractivity contribution in [3.05, 3.63) is 89.9 Å². The van der Waals surface area contributed by atoms with E-state index < -0.39 is 0 Å². The Balaban J connectivity index is 0.000000366. The number of unbranched alkanes of at least 4 members (excludes halogenated alkanes) is 2. The molecule has 3 fully saturated rings. The number of carbonyl (C=O) groups is 12. The number of imide groups is 3. The van der Waals surface area contributed by atoms with Crippen molar-refractivity contribution in [3.63, 3.8) is 0 Å². The van der Waals surface area contributed by atoms with Gasteiger partial charge in [0, 0.05) is 139 Å². The zero-order valence-corrected chi connectivity index (χ0v) is 53.4. The molecule has 0 saturated carbocycles. The highest BCUT2D eigenvalue weighted by molar-refractivity contribution is 7.98. The van der Waals surface area contributed by atoms with Gasteiger partial charge in [-0.1, -0.05) is 44.5 Å². The highest BCUT2D eigenvalue weighted by Gasteiger charge is 2.38. The van der Waals surface area contributed by atoms with Crippen molar-refractivity contribution in [1.82, 2.24) is 30.2 Å². The van der Waals surface area contributed by atoms with Gasteiger partial charge in [-0.25, -0.2) is 4.98 Å². The molecule has 3 aliphatic heterocycles. The predicted octanol–water partition coefficient (Wildman–Crippen LogP) is 8.12. The van der Waals surface area contributed by atoms with Gasteiger partial charge in [-0.15, -0.1) is 10.2 Å². The Labute approximate surface area is 519 Å². The van der Waals surface area contributed by atoms with Crippen molar-refractivity contribution in [3.8, 4) is 0 Å². The van der Waals surface area contributed by atoms with Gasteiger partial charge in [0.05, 0.1) is 17.1 Å². The molecule has 3 N–H and O–H groups in total. The first-order valence-corrected chi connectivity index (χ1v) is 30.3. The summed E-state index contributed by atoms with van der Waals surface area (Å²) in [5.74, 6) is 0.260. The third-order valence-electron chi connectivity index (χ3n) is 13.0. The molecule has 4 aromatic rings. The molecule has 9 amide bonds. The number of anilines is 4. The van der Waals surface area contributed by atoms with Crippen LogP contribution in [-0.4, -0.2) is 134 Å². The summed E-state index contributed by atoms with van der Waals surface area (Å²) in [7, 11) is 4.92. The number of aromatic nitrogens is 4. The SMILES string of the molecule is C/C=N/Nc1ccc(C(C)=O)cn1.CC(=O)CCCCCN1C(=O)CC(C)C1=O.CC(=O)CCCc1ccc(N2C(=O)CC(C)C2=O)cc1.CC(=O)Nc1ccc(N2C(=O)CC(C)C2=O)cc1.CN=NC(=O)CCSC.CNC(=O)CCc1cn(C)nn1. The van der Waals surface area contributed by atoms with E-state index in [9.17, 15) is 57.5 Å². The van der Waals surface area contributed by atoms with Crippen LogP contribution in [0.25, 0.3) is 0 Å². The Morgan fingerprint density at radius 1 is 0.682 bits per heavy atom. The third-order valence-corrected chi connectivity index (χ3v) is 13.6. The number of rotatable bonds is 22. The van der Waals surface area contributed by atoms with Gasteiger partial charge in [0.25, 0.3) is 5.91 Å². The molecule has 7 rings (SSSR count). The standard InChI is InChI=1S/C16H19NO3.C13H14N2O3.C12H19NO3.C9H11N3O.C7H12N4O.C5H10N2OS/c1-11-10-15(19)17(16(11)20)14-8-6-13(7-9-14)5-3-4-12(2)18;1-8-7-12(17)15(13(8)18)11-5-3-10(4-6-11)14-9(2)16;1-9-8-11(15)13(12(9)16)7-5-3-4-6-10(2)14;1-3-11-12-9-5-4-8(6-10-9)7(2)13;1-8-7(12)4-3-6-5-11(2)10-9-6;1-6-7-5(8)3-4-9-2/h6-9,11H,3-5,10H2,1-2H3;3-6,8H,7H2,1-2H3,(H,14,16);9H,3-8H2,1-2H3;3-6H,1-2H3,(H,10,12);5H,3-4H2,1-2H3,(H,8,12);3-4H2,1-2H3/b;;;11-3+;;. The molecule has 25 nitrogen and oxygen atoms in total. The number of aryl methyl sites for hydroxylation is 3. The fourth-order valence-corrected chi connectivity index (χ4v) is 8.67. The van der Waals surface area contributed by atoms with Crippen LogP contribution in [0.4, 0.5) is 22.9 Å². The fraction of sp³-hybridized carbons (Fsp3) is 0.484. The van der Waals surface area contributed by atoms with Crippen LogP contribution in [0, 0.1) is 17.8 Å². The average molecular weight is 1240 g/mol. The number of Topliss-reactive ketones (excluding diaryl/α,β-unsaturated/α-hetero) is 3. The van der Waals surface area contributed by atoms with E-state index in [1.165, 1.54) is 41.8 Å². The monoisotopic (exact) mass is 1240 g/mol. The van der Waals surface area contributed by atoms with Crippen molar-refractivity contribution in [2.24, 2.45) is 40.1 Å². The van der Waals surface area contributed by atoms with Gasteiger partial charge < -0.3 is 20.2 Å². The van der Waals surface area contributed by atoms with E-state index in [2.05, 4.69) is 46.7 Å². The molecule has 26 heteroatoms. The van der Waals surface area contributed by atoms with E-state index in [1.807, 2.05) is 24.6 Å². The van der Waals surface area contributed by atoms with Crippen LogP contribution in [0.3, 0.4) is 0 Å². The summed E-state index contributed by atoms with van der Waals surface area (Å²) in [4.78, 5) is 143. The van der Waals surface area contributed by atoms with Crippen LogP contribution in [0.5, 0.6) is 0 Å². The normalized spacial score (nSPS) is 15.9. The minimum absolute atomic E-state index is 0.0121. The van der Waals surface area contributed by atoms with E-state index >= 15 is 0 Å². The molecule has 476 valence electrons. The first kappa shape index (κ1) is 75.3. The lowest BCUT2D eigenvalue weighted by Crippen LogP contribution is -2.31. The molecule has 3 unspecified atom stereocenters. The lowest BCUT2D eigenvalue weighted by atomic mass is 10.1. The number of hydrogen-bond acceptors (Lipinski definition) is 19. The van der Waals surface area contributed by atoms with Gasteiger partial charge in [0.15, 0.2) is 5.78 Å². The van der Waals surface area contributed by atoms with Crippen molar-refractivity contribution in [1.29, 1.82) is 0 Å². The Morgan fingerprint density at radius 3 is 1.67 bits per heavy atom. The van der Waals surface area contributed by atoms with Crippen LogP contribution >= 0.6 is 11.8 Å². The quantitative estimate of drug-likeness (QED) is 0.0167. The summed E-state index contributed by atoms with van der Waals surface area (Å²) in [6.07, 6.45) is 14.8. The molecule has 0 bridgehead atoms. The maximum absolute atomic E-state index is 11.9. The Bertz CT molecular complexity index is 3060. The van der Waals surface area contributed by atoms with Crippen LogP contribution in [0.15, 0.2) is 88.4 Å². The number of benzene rings is 2. The second-order valence-electron chi connectivity index (χ2n) is 20.8. The fourth-order valence-electron chi connectivity index (χ4n) is 8.29. The first-order chi connectivity index (χ1) is 41.8. The molecule has 5 heterocycles. The third kappa shape index (κ3) is 28.1. The summed E-state index contributed by atoms with van der Waals surface area (Å²) in [5, 5.41) is 23.3. The second kappa shape index (κ2) is 40.5. The highest BCUT2D eigenvalue weighted by Crippen LogP contribution is 2.28. The summed E-state index contributed by atoms with van der Waals surface area (Å²) < 4.78 is 1.62. The number of hydrazone groups is 1. The minimum Gasteiger partial charge on any atom is -0.359 e. The first-order valence-electron chi connectivity index (χ1n) is 28.9. The summed E-state index contributed by atoms with van der Waals surface area (Å²) in [5.41, 5.74) is 7.09. The van der Waals surface area contributed by atoms with Crippen molar-refractivity contribution in [2.45, 2.75) is 139 Å². The molecule has 0 radical (unpaired) electrons. The van der Waals surface area contributed by atoms with Crippen molar-refractivity contribution >= 4 is 111 Å². The molecule has 88 heavy (non-hydrogen) atoms. The van der Waals surface area contributed by atoms with Gasteiger partial charge in [-0.05, 0) is 114 Å². The van der Waals surface area contributed by atoms with Crippen LogP contribution in [0.2, 0.25) is 0 Å². The zero-order chi connectivity index (χ0) is 65.9. The van der Waals surface area contributed by atoms with E-state index in [1.54, 1.807) is 127 Å². The Hall–Kier alpha value is -8.81. The molecule has 3 atom stereocenters. The van der Waals surface area contributed by atoms with E-state index in [-0.39, 0.29) is 94.7 Å². The van der Waals surface area contributed by atoms with Crippen LogP contribution < -0.4 is 25.9 Å². The molecule has 3 saturated heterocycles. The van der Waals surface area contributed by atoms with E-state index in [0.29, 0.717) is 79.9 Å². The molecule has 0 spiro atoms. The summed E-state index contributed by atoms with van der Waals surface area (Å²) in [6, 6.07) is 17.5. The number of azo groups is 1. The number of nitrogens with one attached hydrogen (secondary N) is 3. The largest absolute Gasteiger partial charge is 0.359 e. The van der Waals surface area contributed by atoms with Gasteiger partial charge in [0.2, 0.25) is 47.3 Å². The van der Waals surface area contributed by atoms with Gasteiger partial charge >= 0.3 is 0 Å². The molecular weight excluding hydrogens is 1150 g/mol. The average Bonchev–Trinajstić information content (AvgIpc) is 2.82. The zero-order valence-electron chi connectivity index (χ0n) is 52.6. The number of pyridine rings is 1. The number of carbonyl (C=O) groups excluding carboxylic acids is 12. The Morgan fingerprint density at radius 2 is 1.24 bits per heavy atom. The number of nitrogens with zero attached hydrogens (tertiary/aromatic N) is 10. The molecule has 3 aliphatic rings. The lowest BCUT2D eigenvalue weighted by Gasteiger charge is -2.14. The molecular formula is C62H85N13O12S. The highest BCUT2D eigenvalue weighted by atomic mass is 32.2. The van der Waals surface area contributed by atoms with Crippen LogP contribution in [0.1, 0.15) is 148 Å². The topological polar surface area (TPSA) is 331 Å². The van der Waals surface area contributed by atoms with Gasteiger partial charge in [-0.2, -0.15) is 22.0 Å². The van der Waals surface area contributed by atoms with Crippen molar-refractivity contribution in [2.75, 3.05) is 53.2 Å². The predicted molar refractivity (Wildman–Crippen MR) is 337 cm³/mol. The van der Waals surface area contributed by atoms with Crippen molar-refractivity contribution < 1.29 is 57.5 Å². The van der Waals surface area contributed by atoms with Crippen LogP contribution in [-0.2, 0) is 72.6 Å². The lowest BCUT2D eigenvalue weighted by molar-refractivity contribution is -0.139. The van der Waals surface area contributed by atoms with Gasteiger partial charge in [0.1, 0.15) is 17.4 Å². The summed E-state index contributed by atoms with van der Waals surface area (Å²) in [6.45, 7) is 13.7. The maximum Gasteiger partial charge on any atom is 0.265 e. The van der Waals surface area contributed by atoms with E-state index in [4.69, 9.17) is 0 Å². The number of ketones is 3. The second-order valence-corrected chi connectivity index (χ2v) is 21.8. The number of thioether (sulfide) groups is 1. The number of amides is 9. The summed E-state index contributed by atoms with van der Waals surface area (Å²) >= 11 is 1.63. The molecule has 0 aliphatic carbocycles. The number of hydrogen-bond donors (Lipinski definition) is 3. The number of likely N-dealkylation sites (tertiary alicyclic amines) is 1. The Kier molecular flexibility index (Phi) is 34.7. The van der Waals surface area contributed by atoms with Gasteiger partial charge in [-0.3, -0.25) is 72.8 Å². The smallest absolute Gasteiger partial charge is 0.265 e. The maximum atomic E-state index is 11.9. The molecule has 2 aromatic carbocycles. The molecule has 2 aromatic heterocycles. The minimum atomic E-state index is -0.257. The van der Waals surface area contributed by atoms with E-state index in [0.717, 1.165) is 49.1 Å².